The zero-order valence-electron chi connectivity index (χ0n) is 23.7. The average molecular weight is 533 g/mol. The molecule has 2 saturated carbocycles. The van der Waals surface area contributed by atoms with Gasteiger partial charge in [-0.2, -0.15) is 0 Å². The first-order chi connectivity index (χ1) is 16.9. The van der Waals surface area contributed by atoms with E-state index in [1.165, 1.54) is 49.0 Å². The molecule has 2 aliphatic carbocycles. The second kappa shape index (κ2) is 12.1. The molecular formula is C30H48O4SSi. The minimum Gasteiger partial charge on any atom is -0.465 e. The van der Waals surface area contributed by atoms with E-state index in [1.54, 1.807) is 0 Å². The van der Waals surface area contributed by atoms with Crippen molar-refractivity contribution in [3.63, 3.8) is 0 Å². The number of esters is 1. The topological polar surface area (TPSA) is 52.6 Å². The van der Waals surface area contributed by atoms with Gasteiger partial charge in [-0.3, -0.25) is 4.79 Å². The number of ether oxygens (including phenoxy) is 1. The maximum absolute atomic E-state index is 12.7. The van der Waals surface area contributed by atoms with Crippen molar-refractivity contribution in [1.82, 2.24) is 0 Å². The summed E-state index contributed by atoms with van der Waals surface area (Å²) in [5.74, 6) is 0.460. The summed E-state index contributed by atoms with van der Waals surface area (Å²) in [6.45, 7) is 14.1. The molecule has 0 spiro atoms. The third-order valence-corrected chi connectivity index (χ3v) is 14.9. The second-order valence-electron chi connectivity index (χ2n) is 12.5. The Hall–Kier alpha value is -1.24. The van der Waals surface area contributed by atoms with Gasteiger partial charge < -0.3 is 9.16 Å². The number of ketones is 1. The highest BCUT2D eigenvalue weighted by molar-refractivity contribution is 7.13. The van der Waals surface area contributed by atoms with E-state index in [4.69, 9.17) is 9.16 Å². The van der Waals surface area contributed by atoms with Crippen molar-refractivity contribution < 1.29 is 18.8 Å². The Bertz CT molecular complexity index is 929. The van der Waals surface area contributed by atoms with Crippen LogP contribution in [0.5, 0.6) is 0 Å². The summed E-state index contributed by atoms with van der Waals surface area (Å²) in [6, 6.07) is 3.88. The minimum absolute atomic E-state index is 0.203. The number of carbonyl (C=O) groups is 2. The zero-order valence-corrected chi connectivity index (χ0v) is 25.5. The van der Waals surface area contributed by atoms with Gasteiger partial charge in [-0.15, -0.1) is 11.3 Å². The van der Waals surface area contributed by atoms with E-state index in [0.717, 1.165) is 44.1 Å². The average Bonchev–Trinajstić information content (AvgIpc) is 3.39. The first kappa shape index (κ1) is 29.3. The molecule has 0 saturated heterocycles. The molecule has 2 fully saturated rings. The summed E-state index contributed by atoms with van der Waals surface area (Å²) in [5.41, 5.74) is 1.40. The quantitative estimate of drug-likeness (QED) is 0.154. The summed E-state index contributed by atoms with van der Waals surface area (Å²) in [4.78, 5) is 26.3. The normalized spacial score (nSPS) is 22.0. The fourth-order valence-electron chi connectivity index (χ4n) is 5.61. The van der Waals surface area contributed by atoms with Crippen LogP contribution in [0.15, 0.2) is 23.8 Å². The Balaban J connectivity index is 1.60. The smallest absolute Gasteiger partial charge is 0.348 e. The van der Waals surface area contributed by atoms with Gasteiger partial charge in [-0.1, -0.05) is 40.2 Å². The van der Waals surface area contributed by atoms with Crippen molar-refractivity contribution in [3.8, 4) is 0 Å². The van der Waals surface area contributed by atoms with Crippen molar-refractivity contribution in [2.75, 3.05) is 7.11 Å². The summed E-state index contributed by atoms with van der Waals surface area (Å²) in [7, 11) is -0.439. The molecule has 3 rings (SSSR count). The molecule has 0 bridgehead atoms. The number of thiophene rings is 1. The van der Waals surface area contributed by atoms with Crippen LogP contribution in [-0.2, 0) is 20.4 Å². The summed E-state index contributed by atoms with van der Waals surface area (Å²) in [6.07, 6.45) is 14.3. The number of Topliss-reactive ketones (excluding diaryl/α,β-unsaturated/α-hetero) is 1. The second-order valence-corrected chi connectivity index (χ2v) is 18.4. The summed E-state index contributed by atoms with van der Waals surface area (Å²) < 4.78 is 11.9. The van der Waals surface area contributed by atoms with Crippen molar-refractivity contribution >= 4 is 31.4 Å². The number of carbonyl (C=O) groups excluding carboxylic acids is 2. The van der Waals surface area contributed by atoms with E-state index in [-0.39, 0.29) is 11.0 Å². The van der Waals surface area contributed by atoms with Gasteiger partial charge in [0.25, 0.3) is 0 Å². The van der Waals surface area contributed by atoms with E-state index >= 15 is 0 Å². The molecule has 2 aliphatic rings. The molecule has 0 radical (unpaired) electrons. The van der Waals surface area contributed by atoms with Crippen LogP contribution in [0.1, 0.15) is 106 Å². The fourth-order valence-corrected chi connectivity index (χ4v) is 8.01. The molecular weight excluding hydrogens is 484 g/mol. The predicted molar refractivity (Wildman–Crippen MR) is 152 cm³/mol. The number of hydrogen-bond donors (Lipinski definition) is 0. The number of methoxy groups -OCH3 is 1. The van der Waals surface area contributed by atoms with E-state index in [9.17, 15) is 9.59 Å². The number of rotatable bonds is 12. The van der Waals surface area contributed by atoms with Crippen LogP contribution >= 0.6 is 11.3 Å². The summed E-state index contributed by atoms with van der Waals surface area (Å²) in [5, 5.41) is 0.203. The molecule has 4 nitrogen and oxygen atoms in total. The molecule has 0 N–H and O–H groups in total. The lowest BCUT2D eigenvalue weighted by Crippen LogP contribution is -2.51. The van der Waals surface area contributed by atoms with Gasteiger partial charge in [0, 0.05) is 11.3 Å². The Labute approximate surface area is 224 Å². The third kappa shape index (κ3) is 6.79. The van der Waals surface area contributed by atoms with Crippen molar-refractivity contribution in [3.05, 3.63) is 33.5 Å². The molecule has 1 heterocycles. The van der Waals surface area contributed by atoms with E-state index in [1.807, 2.05) is 12.1 Å². The molecule has 1 aromatic heterocycles. The van der Waals surface area contributed by atoms with E-state index in [0.29, 0.717) is 34.5 Å². The summed E-state index contributed by atoms with van der Waals surface area (Å²) >= 11 is 1.52. The zero-order chi connectivity index (χ0) is 26.6. The molecule has 1 unspecified atom stereocenters. The molecule has 0 aromatic carbocycles. The van der Waals surface area contributed by atoms with Crippen LogP contribution < -0.4 is 0 Å². The largest absolute Gasteiger partial charge is 0.465 e. The Morgan fingerprint density at radius 2 is 2.00 bits per heavy atom. The lowest BCUT2D eigenvalue weighted by atomic mass is 9.62. The molecule has 6 heteroatoms. The molecule has 1 aromatic rings. The van der Waals surface area contributed by atoms with Crippen LogP contribution in [-0.4, -0.2) is 33.3 Å². The van der Waals surface area contributed by atoms with E-state index < -0.39 is 8.32 Å². The molecule has 2 atom stereocenters. The van der Waals surface area contributed by atoms with Crippen LogP contribution in [0, 0.1) is 11.3 Å². The Kier molecular flexibility index (Phi) is 9.84. The third-order valence-electron chi connectivity index (χ3n) is 9.28. The van der Waals surface area contributed by atoms with Gasteiger partial charge in [0.2, 0.25) is 0 Å². The van der Waals surface area contributed by atoms with Crippen molar-refractivity contribution in [1.29, 1.82) is 0 Å². The van der Waals surface area contributed by atoms with Gasteiger partial charge in [-0.25, -0.2) is 4.79 Å². The fraction of sp³-hybridized carbons (Fsp3) is 0.733. The molecule has 0 aliphatic heterocycles. The lowest BCUT2D eigenvalue weighted by molar-refractivity contribution is -0.114. The lowest BCUT2D eigenvalue weighted by Gasteiger charge is -2.51. The van der Waals surface area contributed by atoms with Gasteiger partial charge in [0.1, 0.15) is 4.88 Å². The van der Waals surface area contributed by atoms with Crippen LogP contribution in [0.2, 0.25) is 18.1 Å². The van der Waals surface area contributed by atoms with Gasteiger partial charge in [0.05, 0.1) is 13.2 Å². The van der Waals surface area contributed by atoms with Crippen molar-refractivity contribution in [2.24, 2.45) is 11.3 Å². The van der Waals surface area contributed by atoms with Gasteiger partial charge in [-0.05, 0) is 105 Å². The van der Waals surface area contributed by atoms with Crippen LogP contribution in [0.25, 0.3) is 0 Å². The number of aryl methyl sites for hydroxylation is 1. The maximum atomic E-state index is 12.7. The highest BCUT2D eigenvalue weighted by Crippen LogP contribution is 2.51. The highest BCUT2D eigenvalue weighted by atomic mass is 32.1. The van der Waals surface area contributed by atoms with Crippen LogP contribution in [0.4, 0.5) is 0 Å². The molecule has 0 amide bonds. The highest BCUT2D eigenvalue weighted by Gasteiger charge is 2.47. The standard InChI is InChI=1S/C30H48O4SSi/c1-8-30(20-11-21-30)27(34-36(6,7)29(2,3)4)15-10-14-24-22(16-18-25(24)31)12-9-13-23-17-19-26(35-23)28(32)33-5/h14,17,19,22,27H,8-13,15-16,18,20-21H2,1-7H3/b24-14+/t22-,27?/m0/s1. The first-order valence-electron chi connectivity index (χ1n) is 14.0. The Morgan fingerprint density at radius 3 is 2.58 bits per heavy atom. The maximum Gasteiger partial charge on any atom is 0.348 e. The Morgan fingerprint density at radius 1 is 1.28 bits per heavy atom. The van der Waals surface area contributed by atoms with Crippen molar-refractivity contribution in [2.45, 2.75) is 123 Å². The molecule has 202 valence electrons. The number of allylic oxidation sites excluding steroid dienone is 2. The van der Waals surface area contributed by atoms with E-state index in [2.05, 4.69) is 46.9 Å². The van der Waals surface area contributed by atoms with Crippen LogP contribution in [0.3, 0.4) is 0 Å². The first-order valence-corrected chi connectivity index (χ1v) is 17.7. The molecule has 36 heavy (non-hydrogen) atoms. The SMILES string of the molecule is CCC1(C(CC/C=C2/C(=O)CC[C@@H]2CCCc2ccc(C(=O)OC)s2)O[Si](C)(C)C(C)(C)C)CCC1. The van der Waals surface area contributed by atoms with Gasteiger partial charge >= 0.3 is 5.97 Å². The monoisotopic (exact) mass is 532 g/mol. The minimum atomic E-state index is -1.86. The predicted octanol–water partition coefficient (Wildman–Crippen LogP) is 8.51. The van der Waals surface area contributed by atoms with Gasteiger partial charge in [0.15, 0.2) is 14.1 Å². The number of hydrogen-bond acceptors (Lipinski definition) is 5.